The predicted molar refractivity (Wildman–Crippen MR) is 106 cm³/mol. The third kappa shape index (κ3) is 3.45. The van der Waals surface area contributed by atoms with E-state index in [4.69, 9.17) is 0 Å². The minimum Gasteiger partial charge on any atom is -0.302 e. The summed E-state index contributed by atoms with van der Waals surface area (Å²) in [6.07, 6.45) is 11.7. The van der Waals surface area contributed by atoms with E-state index in [1.165, 1.54) is 88.7 Å². The SMILES string of the molecule is c1cc(CC2CCNC3CCCN23)ccc1CC1CCNC2CCCN12. The number of hydrogen-bond acceptors (Lipinski definition) is 4. The second-order valence-corrected chi connectivity index (χ2v) is 8.81. The van der Waals surface area contributed by atoms with E-state index in [0.29, 0.717) is 12.3 Å². The molecule has 26 heavy (non-hydrogen) atoms. The average molecular weight is 355 g/mol. The average Bonchev–Trinajstić information content (AvgIpc) is 3.33. The summed E-state index contributed by atoms with van der Waals surface area (Å²) < 4.78 is 0. The Bertz CT molecular complexity index is 548. The summed E-state index contributed by atoms with van der Waals surface area (Å²) in [6.45, 7) is 4.95. The Kier molecular flexibility index (Phi) is 5.01. The van der Waals surface area contributed by atoms with Crippen LogP contribution in [0.25, 0.3) is 0 Å². The molecule has 4 fully saturated rings. The fourth-order valence-electron chi connectivity index (χ4n) is 5.85. The highest BCUT2D eigenvalue weighted by atomic mass is 15.3. The van der Waals surface area contributed by atoms with Crippen molar-refractivity contribution in [1.29, 1.82) is 0 Å². The largest absolute Gasteiger partial charge is 0.302 e. The van der Waals surface area contributed by atoms with Crippen molar-refractivity contribution in [3.63, 3.8) is 0 Å². The van der Waals surface area contributed by atoms with Gasteiger partial charge in [0.15, 0.2) is 0 Å². The van der Waals surface area contributed by atoms with E-state index in [0.717, 1.165) is 12.1 Å². The molecular formula is C22H34N4. The van der Waals surface area contributed by atoms with E-state index >= 15 is 0 Å². The summed E-state index contributed by atoms with van der Waals surface area (Å²) >= 11 is 0. The quantitative estimate of drug-likeness (QED) is 0.869. The molecule has 4 saturated heterocycles. The van der Waals surface area contributed by atoms with Gasteiger partial charge in [-0.25, -0.2) is 0 Å². The topological polar surface area (TPSA) is 30.5 Å². The van der Waals surface area contributed by atoms with Crippen LogP contribution in [-0.4, -0.2) is 60.4 Å². The van der Waals surface area contributed by atoms with Gasteiger partial charge in [0, 0.05) is 25.2 Å². The Morgan fingerprint density at radius 3 is 1.62 bits per heavy atom. The first-order chi connectivity index (χ1) is 12.9. The van der Waals surface area contributed by atoms with Crippen LogP contribution in [0, 0.1) is 0 Å². The molecule has 1 aromatic rings. The molecular weight excluding hydrogens is 320 g/mol. The van der Waals surface area contributed by atoms with Crippen molar-refractivity contribution in [2.45, 2.75) is 75.8 Å². The van der Waals surface area contributed by atoms with Crippen LogP contribution in [0.15, 0.2) is 24.3 Å². The van der Waals surface area contributed by atoms with Crippen LogP contribution in [0.4, 0.5) is 0 Å². The third-order valence-corrected chi connectivity index (χ3v) is 7.21. The molecule has 0 amide bonds. The van der Waals surface area contributed by atoms with Gasteiger partial charge in [-0.2, -0.15) is 0 Å². The fourth-order valence-corrected chi connectivity index (χ4v) is 5.85. The van der Waals surface area contributed by atoms with Gasteiger partial charge in [0.25, 0.3) is 0 Å². The molecule has 142 valence electrons. The van der Waals surface area contributed by atoms with Gasteiger partial charge in [-0.15, -0.1) is 0 Å². The van der Waals surface area contributed by atoms with Gasteiger partial charge in [0.1, 0.15) is 0 Å². The Balaban J connectivity index is 1.20. The van der Waals surface area contributed by atoms with Gasteiger partial charge in [-0.3, -0.25) is 9.80 Å². The Labute approximate surface area is 158 Å². The van der Waals surface area contributed by atoms with Crippen LogP contribution < -0.4 is 10.6 Å². The smallest absolute Gasteiger partial charge is 0.0600 e. The Morgan fingerprint density at radius 1 is 0.692 bits per heavy atom. The van der Waals surface area contributed by atoms with Gasteiger partial charge in [-0.05, 0) is 75.6 Å². The molecule has 4 atom stereocenters. The zero-order chi connectivity index (χ0) is 17.3. The normalized spacial score (nSPS) is 35.4. The second kappa shape index (κ2) is 7.59. The monoisotopic (exact) mass is 354 g/mol. The van der Waals surface area contributed by atoms with Gasteiger partial charge in [0.2, 0.25) is 0 Å². The maximum atomic E-state index is 3.69. The highest BCUT2D eigenvalue weighted by Crippen LogP contribution is 2.27. The number of rotatable bonds is 4. The van der Waals surface area contributed by atoms with Crippen molar-refractivity contribution < 1.29 is 0 Å². The Hall–Kier alpha value is -0.940. The van der Waals surface area contributed by atoms with Gasteiger partial charge < -0.3 is 10.6 Å². The lowest BCUT2D eigenvalue weighted by molar-refractivity contribution is 0.109. The van der Waals surface area contributed by atoms with Gasteiger partial charge in [0.05, 0.1) is 12.3 Å². The van der Waals surface area contributed by atoms with Crippen LogP contribution in [0.5, 0.6) is 0 Å². The lowest BCUT2D eigenvalue weighted by Gasteiger charge is -2.39. The lowest BCUT2D eigenvalue weighted by atomic mass is 9.96. The molecule has 4 aliphatic heterocycles. The van der Waals surface area contributed by atoms with Crippen molar-refractivity contribution in [1.82, 2.24) is 20.4 Å². The first-order valence-electron chi connectivity index (χ1n) is 10.9. The van der Waals surface area contributed by atoms with E-state index in [9.17, 15) is 0 Å². The first-order valence-corrected chi connectivity index (χ1v) is 10.9. The first kappa shape index (κ1) is 17.2. The standard InChI is InChI=1S/C22H34N4/c1-3-21-23-11-9-19(25(21)13-1)15-17-5-7-18(8-6-17)16-20-10-12-24-22-4-2-14-26(20)22/h5-8,19-24H,1-4,9-16H2. The molecule has 0 aromatic heterocycles. The number of benzene rings is 1. The zero-order valence-electron chi connectivity index (χ0n) is 16.0. The summed E-state index contributed by atoms with van der Waals surface area (Å²) in [5.74, 6) is 0. The predicted octanol–water partition coefficient (Wildman–Crippen LogP) is 2.34. The Morgan fingerprint density at radius 2 is 1.15 bits per heavy atom. The molecule has 0 spiro atoms. The highest BCUT2D eigenvalue weighted by molar-refractivity contribution is 5.24. The van der Waals surface area contributed by atoms with Crippen LogP contribution in [0.1, 0.15) is 49.7 Å². The summed E-state index contributed by atoms with van der Waals surface area (Å²) in [6, 6.07) is 11.1. The number of nitrogens with zero attached hydrogens (tertiary/aromatic N) is 2. The molecule has 0 bridgehead atoms. The molecule has 4 aliphatic rings. The lowest BCUT2D eigenvalue weighted by Crippen LogP contribution is -2.53. The summed E-state index contributed by atoms with van der Waals surface area (Å²) in [5.41, 5.74) is 3.05. The number of hydrogen-bond donors (Lipinski definition) is 2. The zero-order valence-corrected chi connectivity index (χ0v) is 16.0. The molecule has 5 rings (SSSR count). The molecule has 4 unspecified atom stereocenters. The van der Waals surface area contributed by atoms with E-state index in [1.54, 1.807) is 0 Å². The minimum atomic E-state index is 0.654. The summed E-state index contributed by atoms with van der Waals surface area (Å²) in [4.78, 5) is 5.44. The van der Waals surface area contributed by atoms with Crippen LogP contribution in [0.2, 0.25) is 0 Å². The highest BCUT2D eigenvalue weighted by Gasteiger charge is 2.34. The van der Waals surface area contributed by atoms with Crippen molar-refractivity contribution in [2.75, 3.05) is 26.2 Å². The van der Waals surface area contributed by atoms with Crippen molar-refractivity contribution in [3.8, 4) is 0 Å². The molecule has 4 nitrogen and oxygen atoms in total. The molecule has 0 saturated carbocycles. The third-order valence-electron chi connectivity index (χ3n) is 7.21. The van der Waals surface area contributed by atoms with E-state index < -0.39 is 0 Å². The fraction of sp³-hybridized carbons (Fsp3) is 0.727. The summed E-state index contributed by atoms with van der Waals surface area (Å²) in [5, 5.41) is 7.37. The van der Waals surface area contributed by atoms with Crippen molar-refractivity contribution >= 4 is 0 Å². The van der Waals surface area contributed by atoms with Crippen LogP contribution in [0.3, 0.4) is 0 Å². The molecule has 0 aliphatic carbocycles. The van der Waals surface area contributed by atoms with Gasteiger partial charge in [-0.1, -0.05) is 24.3 Å². The maximum absolute atomic E-state index is 3.69. The van der Waals surface area contributed by atoms with Crippen LogP contribution in [-0.2, 0) is 12.8 Å². The minimum absolute atomic E-state index is 0.654. The second-order valence-electron chi connectivity index (χ2n) is 8.81. The van der Waals surface area contributed by atoms with Gasteiger partial charge >= 0.3 is 0 Å². The maximum Gasteiger partial charge on any atom is 0.0600 e. The van der Waals surface area contributed by atoms with Crippen LogP contribution >= 0.6 is 0 Å². The molecule has 4 heteroatoms. The molecule has 0 radical (unpaired) electrons. The molecule has 4 heterocycles. The summed E-state index contributed by atoms with van der Waals surface area (Å²) in [7, 11) is 0. The van der Waals surface area contributed by atoms with Crippen molar-refractivity contribution in [3.05, 3.63) is 35.4 Å². The van der Waals surface area contributed by atoms with E-state index in [2.05, 4.69) is 44.7 Å². The van der Waals surface area contributed by atoms with Crippen molar-refractivity contribution in [2.24, 2.45) is 0 Å². The number of fused-ring (bicyclic) bond motifs is 2. The molecule has 1 aromatic carbocycles. The number of nitrogens with one attached hydrogen (secondary N) is 2. The van der Waals surface area contributed by atoms with E-state index in [-0.39, 0.29) is 0 Å². The van der Waals surface area contributed by atoms with E-state index in [1.807, 2.05) is 0 Å². The molecule has 2 N–H and O–H groups in total.